The number of carbonyl (C=O) groups excluding carboxylic acids is 1. The molecule has 0 aromatic heterocycles. The van der Waals surface area contributed by atoms with Gasteiger partial charge < -0.3 is 20.5 Å². The predicted molar refractivity (Wildman–Crippen MR) is 86.0 cm³/mol. The fraction of sp³-hybridized carbons (Fsp3) is 0.588. The maximum atomic E-state index is 11.9. The molecule has 0 aliphatic heterocycles. The molecule has 22 heavy (non-hydrogen) atoms. The van der Waals surface area contributed by atoms with Crippen molar-refractivity contribution in [1.29, 1.82) is 0 Å². The van der Waals surface area contributed by atoms with E-state index < -0.39 is 0 Å². The molecule has 0 saturated heterocycles. The van der Waals surface area contributed by atoms with Crippen molar-refractivity contribution in [1.82, 2.24) is 5.32 Å². The Morgan fingerprint density at radius 3 is 2.59 bits per heavy atom. The highest BCUT2D eigenvalue weighted by atomic mass is 16.5. The maximum Gasteiger partial charge on any atom is 0.220 e. The Morgan fingerprint density at radius 2 is 2.00 bits per heavy atom. The predicted octanol–water partition coefficient (Wildman–Crippen LogP) is 2.10. The normalized spacial score (nSPS) is 15.2. The summed E-state index contributed by atoms with van der Waals surface area (Å²) in [6, 6.07) is 7.73. The van der Waals surface area contributed by atoms with Gasteiger partial charge in [0.25, 0.3) is 0 Å². The summed E-state index contributed by atoms with van der Waals surface area (Å²) >= 11 is 0. The quantitative estimate of drug-likeness (QED) is 0.649. The number of ether oxygens (including phenoxy) is 2. The molecule has 1 unspecified atom stereocenters. The van der Waals surface area contributed by atoms with Gasteiger partial charge in [-0.05, 0) is 44.2 Å². The van der Waals surface area contributed by atoms with Crippen LogP contribution in [0.5, 0.6) is 11.5 Å². The van der Waals surface area contributed by atoms with Crippen LogP contribution in [0, 0.1) is 5.92 Å². The second-order valence-corrected chi connectivity index (χ2v) is 5.58. The summed E-state index contributed by atoms with van der Waals surface area (Å²) in [7, 11) is 0. The zero-order valence-electron chi connectivity index (χ0n) is 13.2. The van der Waals surface area contributed by atoms with Crippen LogP contribution in [0.25, 0.3) is 0 Å². The average molecular weight is 306 g/mol. The van der Waals surface area contributed by atoms with E-state index in [1.807, 2.05) is 31.2 Å². The van der Waals surface area contributed by atoms with Gasteiger partial charge in [-0.1, -0.05) is 12.1 Å². The molecule has 1 aliphatic rings. The summed E-state index contributed by atoms with van der Waals surface area (Å²) in [5, 5.41) is 3.01. The number of para-hydroxylation sites is 2. The lowest BCUT2D eigenvalue weighted by atomic mass is 10.2. The molecule has 1 aromatic carbocycles. The Labute approximate surface area is 132 Å². The Morgan fingerprint density at radius 1 is 1.32 bits per heavy atom. The summed E-state index contributed by atoms with van der Waals surface area (Å²) in [5.74, 6) is 2.11. The van der Waals surface area contributed by atoms with Gasteiger partial charge in [0.1, 0.15) is 0 Å². The SMILES string of the molecule is CCOc1ccccc1OCCCC(=O)NC(CN)C1CC1. The third-order valence-electron chi connectivity index (χ3n) is 3.75. The molecule has 1 aromatic rings. The standard InChI is InChI=1S/C17H26N2O3/c1-2-21-15-6-3-4-7-16(15)22-11-5-8-17(20)19-14(12-18)13-9-10-13/h3-4,6-7,13-14H,2,5,8-12,18H2,1H3,(H,19,20). The van der Waals surface area contributed by atoms with Gasteiger partial charge in [-0.3, -0.25) is 4.79 Å². The molecule has 5 nitrogen and oxygen atoms in total. The van der Waals surface area contributed by atoms with Crippen LogP contribution in [0.2, 0.25) is 0 Å². The van der Waals surface area contributed by atoms with Crippen LogP contribution in [-0.4, -0.2) is 31.7 Å². The van der Waals surface area contributed by atoms with Crippen molar-refractivity contribution in [2.24, 2.45) is 11.7 Å². The topological polar surface area (TPSA) is 73.6 Å². The minimum atomic E-state index is 0.0593. The zero-order chi connectivity index (χ0) is 15.8. The minimum Gasteiger partial charge on any atom is -0.490 e. The molecule has 3 N–H and O–H groups in total. The molecular weight excluding hydrogens is 280 g/mol. The van der Waals surface area contributed by atoms with Gasteiger partial charge in [-0.15, -0.1) is 0 Å². The van der Waals surface area contributed by atoms with Crippen LogP contribution >= 0.6 is 0 Å². The van der Waals surface area contributed by atoms with Crippen molar-refractivity contribution < 1.29 is 14.3 Å². The van der Waals surface area contributed by atoms with E-state index in [1.54, 1.807) is 0 Å². The van der Waals surface area contributed by atoms with Crippen molar-refractivity contribution in [3.63, 3.8) is 0 Å². The Bertz CT molecular complexity index is 475. The van der Waals surface area contributed by atoms with Crippen LogP contribution in [0.3, 0.4) is 0 Å². The van der Waals surface area contributed by atoms with Crippen LogP contribution in [0.1, 0.15) is 32.6 Å². The van der Waals surface area contributed by atoms with Crippen LogP contribution in [0.4, 0.5) is 0 Å². The lowest BCUT2D eigenvalue weighted by Gasteiger charge is -2.16. The smallest absolute Gasteiger partial charge is 0.220 e. The summed E-state index contributed by atoms with van der Waals surface area (Å²) in [6.07, 6.45) is 3.49. The van der Waals surface area contributed by atoms with Crippen LogP contribution in [0.15, 0.2) is 24.3 Å². The van der Waals surface area contributed by atoms with Gasteiger partial charge in [-0.25, -0.2) is 0 Å². The number of amides is 1. The van der Waals surface area contributed by atoms with E-state index in [2.05, 4.69) is 5.32 Å². The van der Waals surface area contributed by atoms with Gasteiger partial charge in [0.05, 0.1) is 13.2 Å². The first-order chi connectivity index (χ1) is 10.7. The lowest BCUT2D eigenvalue weighted by Crippen LogP contribution is -2.41. The molecule has 1 saturated carbocycles. The van der Waals surface area contributed by atoms with E-state index in [0.29, 0.717) is 38.5 Å². The first-order valence-electron chi connectivity index (χ1n) is 8.08. The molecule has 0 radical (unpaired) electrons. The monoisotopic (exact) mass is 306 g/mol. The molecule has 1 fully saturated rings. The molecule has 1 atom stereocenters. The van der Waals surface area contributed by atoms with Gasteiger partial charge in [-0.2, -0.15) is 0 Å². The van der Waals surface area contributed by atoms with Crippen LogP contribution < -0.4 is 20.5 Å². The van der Waals surface area contributed by atoms with Crippen molar-refractivity contribution in [2.45, 2.75) is 38.6 Å². The fourth-order valence-electron chi connectivity index (χ4n) is 2.41. The minimum absolute atomic E-state index is 0.0593. The molecule has 122 valence electrons. The highest BCUT2D eigenvalue weighted by molar-refractivity contribution is 5.76. The van der Waals surface area contributed by atoms with E-state index >= 15 is 0 Å². The summed E-state index contributed by atoms with van der Waals surface area (Å²) < 4.78 is 11.2. The van der Waals surface area contributed by atoms with Gasteiger partial charge in [0, 0.05) is 19.0 Å². The molecule has 0 bridgehead atoms. The Kier molecular flexibility index (Phi) is 6.52. The summed E-state index contributed by atoms with van der Waals surface area (Å²) in [6.45, 7) is 3.56. The van der Waals surface area contributed by atoms with Gasteiger partial charge in [0.2, 0.25) is 5.91 Å². The van der Waals surface area contributed by atoms with E-state index in [9.17, 15) is 4.79 Å². The second kappa shape index (κ2) is 8.63. The Hall–Kier alpha value is -1.75. The molecule has 2 rings (SSSR count). The highest BCUT2D eigenvalue weighted by Gasteiger charge is 2.30. The maximum absolute atomic E-state index is 11.9. The first kappa shape index (κ1) is 16.6. The average Bonchev–Trinajstić information content (AvgIpc) is 3.36. The van der Waals surface area contributed by atoms with Crippen molar-refractivity contribution in [3.05, 3.63) is 24.3 Å². The third-order valence-corrected chi connectivity index (χ3v) is 3.75. The van der Waals surface area contributed by atoms with E-state index in [1.165, 1.54) is 12.8 Å². The largest absolute Gasteiger partial charge is 0.490 e. The number of rotatable bonds is 10. The van der Waals surface area contributed by atoms with E-state index in [4.69, 9.17) is 15.2 Å². The fourth-order valence-corrected chi connectivity index (χ4v) is 2.41. The van der Waals surface area contributed by atoms with Crippen LogP contribution in [-0.2, 0) is 4.79 Å². The highest BCUT2D eigenvalue weighted by Crippen LogP contribution is 2.32. The number of nitrogens with one attached hydrogen (secondary N) is 1. The summed E-state index contributed by atoms with van der Waals surface area (Å²) in [5.41, 5.74) is 5.68. The molecule has 1 amide bonds. The lowest BCUT2D eigenvalue weighted by molar-refractivity contribution is -0.122. The molecular formula is C17H26N2O3. The van der Waals surface area contributed by atoms with E-state index in [0.717, 1.165) is 11.5 Å². The Balaban J connectivity index is 1.67. The van der Waals surface area contributed by atoms with Gasteiger partial charge >= 0.3 is 0 Å². The number of hydrogen-bond donors (Lipinski definition) is 2. The second-order valence-electron chi connectivity index (χ2n) is 5.58. The summed E-state index contributed by atoms with van der Waals surface area (Å²) in [4.78, 5) is 11.9. The third kappa shape index (κ3) is 5.22. The van der Waals surface area contributed by atoms with Gasteiger partial charge in [0.15, 0.2) is 11.5 Å². The molecule has 0 spiro atoms. The van der Waals surface area contributed by atoms with Crippen molar-refractivity contribution in [2.75, 3.05) is 19.8 Å². The molecule has 5 heteroatoms. The number of benzene rings is 1. The first-order valence-corrected chi connectivity index (χ1v) is 8.08. The zero-order valence-corrected chi connectivity index (χ0v) is 13.2. The number of nitrogens with two attached hydrogens (primary N) is 1. The molecule has 0 heterocycles. The number of carbonyl (C=O) groups is 1. The van der Waals surface area contributed by atoms with Crippen molar-refractivity contribution >= 4 is 5.91 Å². The van der Waals surface area contributed by atoms with E-state index in [-0.39, 0.29) is 11.9 Å². The number of hydrogen-bond acceptors (Lipinski definition) is 4. The van der Waals surface area contributed by atoms with Crippen molar-refractivity contribution in [3.8, 4) is 11.5 Å². The molecule has 1 aliphatic carbocycles.